The van der Waals surface area contributed by atoms with E-state index < -0.39 is 0 Å². The predicted molar refractivity (Wildman–Crippen MR) is 30.8 cm³/mol. The lowest BCUT2D eigenvalue weighted by Gasteiger charge is -1.81. The van der Waals surface area contributed by atoms with E-state index in [9.17, 15) is 0 Å². The molecule has 0 amide bonds. The zero-order valence-corrected chi connectivity index (χ0v) is 5.27. The maximum Gasteiger partial charge on any atom is 0.128 e. The van der Waals surface area contributed by atoms with Crippen molar-refractivity contribution in [2.24, 2.45) is 0 Å². The number of aryl methyl sites for hydroxylation is 1. The van der Waals surface area contributed by atoms with Crippen molar-refractivity contribution < 1.29 is 4.52 Å². The van der Waals surface area contributed by atoms with Crippen LogP contribution in [0.4, 0.5) is 0 Å². The van der Waals surface area contributed by atoms with Gasteiger partial charge in [0.05, 0.1) is 11.6 Å². The Balaban J connectivity index is 2.92. The number of alkyl halides is 1. The highest BCUT2D eigenvalue weighted by molar-refractivity contribution is 6.17. The van der Waals surface area contributed by atoms with Gasteiger partial charge in [-0.25, -0.2) is 0 Å². The normalized spacial score (nSPS) is 9.75. The monoisotopic (exact) mass is 131 g/mol. The molecule has 0 aliphatic rings. The van der Waals surface area contributed by atoms with Gasteiger partial charge in [-0.05, 0) is 6.92 Å². The summed E-state index contributed by atoms with van der Waals surface area (Å²) in [7, 11) is 0. The average molecular weight is 132 g/mol. The fourth-order valence-corrected chi connectivity index (χ4v) is 0.698. The van der Waals surface area contributed by atoms with Gasteiger partial charge in [-0.1, -0.05) is 5.16 Å². The van der Waals surface area contributed by atoms with E-state index in [0.717, 1.165) is 11.3 Å². The van der Waals surface area contributed by atoms with Crippen LogP contribution in [0.2, 0.25) is 0 Å². The maximum atomic E-state index is 5.47. The van der Waals surface area contributed by atoms with E-state index in [-0.39, 0.29) is 0 Å². The number of nitrogens with zero attached hydrogens (tertiary/aromatic N) is 1. The third-order valence-electron chi connectivity index (χ3n) is 0.993. The van der Waals surface area contributed by atoms with E-state index in [1.807, 2.05) is 6.92 Å². The largest absolute Gasteiger partial charge is 0.364 e. The quantitative estimate of drug-likeness (QED) is 0.543. The second-order valence-corrected chi connectivity index (χ2v) is 1.83. The molecule has 0 saturated carbocycles. The molecule has 0 radical (unpaired) electrons. The van der Waals surface area contributed by atoms with Gasteiger partial charge in [-0.2, -0.15) is 0 Å². The predicted octanol–water partition coefficient (Wildman–Crippen LogP) is 1.72. The SMILES string of the molecule is Cc1nocc1CCl. The Hall–Kier alpha value is -0.500. The Morgan fingerprint density at radius 3 is 2.88 bits per heavy atom. The molecule has 0 N–H and O–H groups in total. The van der Waals surface area contributed by atoms with Crippen molar-refractivity contribution in [1.29, 1.82) is 0 Å². The summed E-state index contributed by atoms with van der Waals surface area (Å²) in [5, 5.41) is 3.63. The Kier molecular flexibility index (Phi) is 1.53. The highest BCUT2D eigenvalue weighted by Gasteiger charge is 1.97. The van der Waals surface area contributed by atoms with Crippen LogP contribution in [-0.4, -0.2) is 5.16 Å². The van der Waals surface area contributed by atoms with Crippen molar-refractivity contribution in [2.45, 2.75) is 12.8 Å². The number of hydrogen-bond acceptors (Lipinski definition) is 2. The fourth-order valence-electron chi connectivity index (χ4n) is 0.441. The van der Waals surface area contributed by atoms with Crippen molar-refractivity contribution in [2.75, 3.05) is 0 Å². The van der Waals surface area contributed by atoms with Gasteiger partial charge in [0.15, 0.2) is 0 Å². The van der Waals surface area contributed by atoms with Crippen LogP contribution in [0, 0.1) is 6.92 Å². The smallest absolute Gasteiger partial charge is 0.128 e. The second-order valence-electron chi connectivity index (χ2n) is 1.56. The molecule has 0 aliphatic carbocycles. The van der Waals surface area contributed by atoms with Gasteiger partial charge >= 0.3 is 0 Å². The molecule has 0 saturated heterocycles. The molecule has 0 fully saturated rings. The minimum Gasteiger partial charge on any atom is -0.364 e. The van der Waals surface area contributed by atoms with E-state index in [0.29, 0.717) is 5.88 Å². The van der Waals surface area contributed by atoms with Crippen LogP contribution < -0.4 is 0 Å². The second kappa shape index (κ2) is 2.18. The molecule has 3 heteroatoms. The molecular formula is C5H6ClNO. The molecule has 0 bridgehead atoms. The van der Waals surface area contributed by atoms with Gasteiger partial charge in [-0.15, -0.1) is 11.6 Å². The van der Waals surface area contributed by atoms with Crippen molar-refractivity contribution in [3.05, 3.63) is 17.5 Å². The van der Waals surface area contributed by atoms with Gasteiger partial charge in [0, 0.05) is 5.56 Å². The zero-order chi connectivity index (χ0) is 5.98. The van der Waals surface area contributed by atoms with Crippen LogP contribution in [0.3, 0.4) is 0 Å². The minimum absolute atomic E-state index is 0.481. The zero-order valence-electron chi connectivity index (χ0n) is 4.52. The van der Waals surface area contributed by atoms with Crippen LogP contribution in [-0.2, 0) is 5.88 Å². The Labute approximate surface area is 52.4 Å². The lowest BCUT2D eigenvalue weighted by Crippen LogP contribution is -1.75. The molecular weight excluding hydrogens is 126 g/mol. The maximum absolute atomic E-state index is 5.47. The number of hydrogen-bond donors (Lipinski definition) is 0. The molecule has 0 spiro atoms. The number of aromatic nitrogens is 1. The molecule has 8 heavy (non-hydrogen) atoms. The first-order valence-corrected chi connectivity index (χ1v) is 2.84. The van der Waals surface area contributed by atoms with Gasteiger partial charge in [-0.3, -0.25) is 0 Å². The van der Waals surface area contributed by atoms with Crippen LogP contribution in [0.25, 0.3) is 0 Å². The third-order valence-corrected chi connectivity index (χ3v) is 1.28. The fraction of sp³-hybridized carbons (Fsp3) is 0.400. The summed E-state index contributed by atoms with van der Waals surface area (Å²) in [5.74, 6) is 0.481. The average Bonchev–Trinajstić information content (AvgIpc) is 2.14. The summed E-state index contributed by atoms with van der Waals surface area (Å²) in [6, 6.07) is 0. The number of halogens is 1. The highest BCUT2D eigenvalue weighted by Crippen LogP contribution is 2.06. The van der Waals surface area contributed by atoms with E-state index in [2.05, 4.69) is 9.68 Å². The van der Waals surface area contributed by atoms with Crippen LogP contribution >= 0.6 is 11.6 Å². The highest BCUT2D eigenvalue weighted by atomic mass is 35.5. The van der Waals surface area contributed by atoms with Crippen molar-refractivity contribution in [3.63, 3.8) is 0 Å². The Morgan fingerprint density at radius 2 is 2.62 bits per heavy atom. The molecule has 0 aliphatic heterocycles. The molecule has 1 heterocycles. The van der Waals surface area contributed by atoms with Gasteiger partial charge < -0.3 is 4.52 Å². The summed E-state index contributed by atoms with van der Waals surface area (Å²) in [5.41, 5.74) is 1.84. The van der Waals surface area contributed by atoms with E-state index in [4.69, 9.17) is 11.6 Å². The van der Waals surface area contributed by atoms with Crippen molar-refractivity contribution >= 4 is 11.6 Å². The third kappa shape index (κ3) is 0.842. The first kappa shape index (κ1) is 5.63. The molecule has 1 aromatic rings. The van der Waals surface area contributed by atoms with E-state index >= 15 is 0 Å². The van der Waals surface area contributed by atoms with Gasteiger partial charge in [0.25, 0.3) is 0 Å². The lowest BCUT2D eigenvalue weighted by molar-refractivity contribution is 0.414. The van der Waals surface area contributed by atoms with Gasteiger partial charge in [0.1, 0.15) is 6.26 Å². The van der Waals surface area contributed by atoms with Crippen LogP contribution in [0.15, 0.2) is 10.8 Å². The first-order chi connectivity index (χ1) is 3.84. The molecule has 1 aromatic heterocycles. The van der Waals surface area contributed by atoms with E-state index in [1.165, 1.54) is 0 Å². The molecule has 0 aromatic carbocycles. The molecule has 44 valence electrons. The summed E-state index contributed by atoms with van der Waals surface area (Å²) >= 11 is 5.47. The minimum atomic E-state index is 0.481. The standard InChI is InChI=1S/C5H6ClNO/c1-4-5(2-6)3-8-7-4/h3H,2H2,1H3. The molecule has 0 unspecified atom stereocenters. The molecule has 0 atom stereocenters. The van der Waals surface area contributed by atoms with Crippen LogP contribution in [0.5, 0.6) is 0 Å². The van der Waals surface area contributed by atoms with E-state index in [1.54, 1.807) is 6.26 Å². The summed E-state index contributed by atoms with van der Waals surface area (Å²) in [6.07, 6.45) is 1.56. The van der Waals surface area contributed by atoms with Crippen LogP contribution in [0.1, 0.15) is 11.3 Å². The summed E-state index contributed by atoms with van der Waals surface area (Å²) in [4.78, 5) is 0. The summed E-state index contributed by atoms with van der Waals surface area (Å²) < 4.78 is 4.60. The lowest BCUT2D eigenvalue weighted by atomic mass is 10.3. The Bertz CT molecular complexity index is 173. The molecule has 1 rings (SSSR count). The van der Waals surface area contributed by atoms with Crippen molar-refractivity contribution in [1.82, 2.24) is 5.16 Å². The Morgan fingerprint density at radius 1 is 1.88 bits per heavy atom. The number of rotatable bonds is 1. The summed E-state index contributed by atoms with van der Waals surface area (Å²) in [6.45, 7) is 1.86. The van der Waals surface area contributed by atoms with Gasteiger partial charge in [0.2, 0.25) is 0 Å². The molecule has 2 nitrogen and oxygen atoms in total. The topological polar surface area (TPSA) is 26.0 Å². The van der Waals surface area contributed by atoms with Crippen molar-refractivity contribution in [3.8, 4) is 0 Å². The first-order valence-electron chi connectivity index (χ1n) is 2.30.